The average Bonchev–Trinajstić information content (AvgIpc) is 3.36. The van der Waals surface area contributed by atoms with Gasteiger partial charge in [0.2, 0.25) is 0 Å². The quantitative estimate of drug-likeness (QED) is 0.424. The first-order valence-corrected chi connectivity index (χ1v) is 13.6. The van der Waals surface area contributed by atoms with E-state index in [2.05, 4.69) is 9.88 Å². The summed E-state index contributed by atoms with van der Waals surface area (Å²) in [4.78, 5) is 31.9. The van der Waals surface area contributed by atoms with Gasteiger partial charge >= 0.3 is 5.97 Å². The number of likely N-dealkylation sites (tertiary alicyclic amines) is 1. The Balaban J connectivity index is 1.36. The lowest BCUT2D eigenvalue weighted by Crippen LogP contribution is -2.44. The zero-order valence-electron chi connectivity index (χ0n) is 19.7. The molecule has 0 radical (unpaired) electrons. The summed E-state index contributed by atoms with van der Waals surface area (Å²) in [6.45, 7) is 2.40. The fraction of sp³-hybridized carbons (Fsp3) is 0.577. The van der Waals surface area contributed by atoms with E-state index in [0.29, 0.717) is 40.2 Å². The summed E-state index contributed by atoms with van der Waals surface area (Å²) in [6.07, 6.45) is 8.45. The van der Waals surface area contributed by atoms with Gasteiger partial charge in [-0.1, -0.05) is 24.4 Å². The maximum Gasteiger partial charge on any atom is 0.308 e. The Hall–Kier alpha value is -1.83. The molecule has 184 valence electrons. The topological polar surface area (TPSA) is 79.7 Å². The number of ether oxygens (including phenoxy) is 1. The van der Waals surface area contributed by atoms with E-state index in [1.807, 2.05) is 17.8 Å². The second kappa shape index (κ2) is 11.7. The Kier molecular flexibility index (Phi) is 8.72. The molecular formula is C26H33ClN2O4S. The molecule has 1 aromatic carbocycles. The Bertz CT molecular complexity index is 1030. The molecule has 0 bridgehead atoms. The molecule has 1 saturated heterocycles. The van der Waals surface area contributed by atoms with Crippen LogP contribution in [0.2, 0.25) is 5.02 Å². The van der Waals surface area contributed by atoms with Gasteiger partial charge in [-0.25, -0.2) is 0 Å². The molecule has 2 heterocycles. The van der Waals surface area contributed by atoms with Crippen molar-refractivity contribution in [2.24, 2.45) is 11.8 Å². The Morgan fingerprint density at radius 2 is 2.06 bits per heavy atom. The second-order valence-electron chi connectivity index (χ2n) is 9.40. The highest BCUT2D eigenvalue weighted by Gasteiger charge is 2.34. The molecule has 2 aliphatic rings. The molecule has 1 aliphatic heterocycles. The van der Waals surface area contributed by atoms with E-state index in [9.17, 15) is 14.7 Å². The monoisotopic (exact) mass is 504 g/mol. The maximum atomic E-state index is 13.2. The van der Waals surface area contributed by atoms with Crippen LogP contribution in [0.1, 0.15) is 55.3 Å². The van der Waals surface area contributed by atoms with Crippen molar-refractivity contribution < 1.29 is 19.4 Å². The zero-order valence-corrected chi connectivity index (χ0v) is 21.2. The first-order valence-electron chi connectivity index (χ1n) is 12.2. The smallest absolute Gasteiger partial charge is 0.308 e. The number of thioether (sulfide) groups is 1. The van der Waals surface area contributed by atoms with E-state index in [-0.39, 0.29) is 18.1 Å². The third-order valence-corrected chi connectivity index (χ3v) is 8.92. The van der Waals surface area contributed by atoms with Crippen LogP contribution >= 0.6 is 23.4 Å². The molecule has 1 saturated carbocycles. The lowest BCUT2D eigenvalue weighted by Gasteiger charge is -2.36. The lowest BCUT2D eigenvalue weighted by molar-refractivity contribution is -0.146. The van der Waals surface area contributed by atoms with Gasteiger partial charge in [0.15, 0.2) is 5.78 Å². The highest BCUT2D eigenvalue weighted by atomic mass is 35.5. The number of hydrogen-bond donors (Lipinski definition) is 1. The summed E-state index contributed by atoms with van der Waals surface area (Å²) in [5.74, 6) is 0.407. The van der Waals surface area contributed by atoms with E-state index in [4.69, 9.17) is 16.3 Å². The van der Waals surface area contributed by atoms with E-state index < -0.39 is 11.9 Å². The number of halogens is 1. The van der Waals surface area contributed by atoms with Crippen LogP contribution in [0, 0.1) is 11.8 Å². The van der Waals surface area contributed by atoms with Crippen LogP contribution < -0.4 is 4.74 Å². The van der Waals surface area contributed by atoms with Crippen molar-refractivity contribution in [3.8, 4) is 5.75 Å². The predicted molar refractivity (Wildman–Crippen MR) is 137 cm³/mol. The number of carboxylic acids is 1. The molecule has 2 atom stereocenters. The van der Waals surface area contributed by atoms with Gasteiger partial charge in [-0.2, -0.15) is 11.8 Å². The summed E-state index contributed by atoms with van der Waals surface area (Å²) in [5.41, 5.74) is 1.12. The number of Topliss-reactive ketones (excluding diaryl/α,β-unsaturated/α-hetero) is 1. The predicted octanol–water partition coefficient (Wildman–Crippen LogP) is 5.56. The van der Waals surface area contributed by atoms with Crippen molar-refractivity contribution in [3.05, 3.63) is 35.0 Å². The second-order valence-corrected chi connectivity index (χ2v) is 11.2. The Morgan fingerprint density at radius 3 is 2.79 bits per heavy atom. The lowest BCUT2D eigenvalue weighted by atomic mass is 9.81. The van der Waals surface area contributed by atoms with Gasteiger partial charge < -0.3 is 14.7 Å². The van der Waals surface area contributed by atoms with Gasteiger partial charge in [-0.3, -0.25) is 14.6 Å². The van der Waals surface area contributed by atoms with Gasteiger partial charge in [0.25, 0.3) is 0 Å². The first-order chi connectivity index (χ1) is 16.5. The molecule has 1 N–H and O–H groups in total. The first kappa shape index (κ1) is 25.3. The number of carboxylic acid groups (broad SMARTS) is 1. The van der Waals surface area contributed by atoms with E-state index >= 15 is 0 Å². The zero-order chi connectivity index (χ0) is 24.1. The van der Waals surface area contributed by atoms with Crippen molar-refractivity contribution >= 4 is 46.0 Å². The van der Waals surface area contributed by atoms with E-state index in [0.717, 1.165) is 30.5 Å². The number of aliphatic carboxylic acids is 1. The molecule has 1 aliphatic carbocycles. The molecule has 0 spiro atoms. The van der Waals surface area contributed by atoms with Crippen LogP contribution in [-0.2, 0) is 4.79 Å². The van der Waals surface area contributed by atoms with E-state index in [1.54, 1.807) is 19.2 Å². The molecule has 0 amide bonds. The van der Waals surface area contributed by atoms with Gasteiger partial charge in [0.1, 0.15) is 5.75 Å². The molecule has 2 fully saturated rings. The minimum absolute atomic E-state index is 0.0124. The summed E-state index contributed by atoms with van der Waals surface area (Å²) in [6, 6.07) is 5.39. The number of ketones is 1. The van der Waals surface area contributed by atoms with Crippen molar-refractivity contribution in [2.75, 3.05) is 32.5 Å². The number of rotatable bonds is 10. The van der Waals surface area contributed by atoms with Crippen LogP contribution in [0.15, 0.2) is 24.4 Å². The number of carbonyl (C=O) groups is 2. The average molecular weight is 505 g/mol. The van der Waals surface area contributed by atoms with Crippen molar-refractivity contribution in [3.63, 3.8) is 0 Å². The minimum Gasteiger partial charge on any atom is -0.497 e. The molecule has 4 rings (SSSR count). The molecule has 1 aromatic heterocycles. The Labute approximate surface area is 210 Å². The minimum atomic E-state index is -0.761. The number of hydrogen-bond acceptors (Lipinski definition) is 6. The molecule has 0 unspecified atom stereocenters. The van der Waals surface area contributed by atoms with Crippen LogP contribution in [-0.4, -0.2) is 64.5 Å². The van der Waals surface area contributed by atoms with Gasteiger partial charge in [-0.15, -0.1) is 0 Å². The van der Waals surface area contributed by atoms with E-state index in [1.165, 1.54) is 31.9 Å². The number of fused-ring (bicyclic) bond motifs is 1. The highest BCUT2D eigenvalue weighted by molar-refractivity contribution is 7.99. The van der Waals surface area contributed by atoms with Crippen LogP contribution in [0.4, 0.5) is 0 Å². The normalized spacial score (nSPS) is 21.7. The highest BCUT2D eigenvalue weighted by Crippen LogP contribution is 2.33. The van der Waals surface area contributed by atoms with Crippen LogP contribution in [0.5, 0.6) is 5.75 Å². The number of piperidine rings is 1. The molecule has 6 nitrogen and oxygen atoms in total. The third kappa shape index (κ3) is 6.04. The molecule has 8 heteroatoms. The van der Waals surface area contributed by atoms with Crippen molar-refractivity contribution in [2.45, 2.75) is 50.2 Å². The maximum absolute atomic E-state index is 13.2. The largest absolute Gasteiger partial charge is 0.497 e. The fourth-order valence-electron chi connectivity index (χ4n) is 5.30. The summed E-state index contributed by atoms with van der Waals surface area (Å²) < 4.78 is 5.31. The van der Waals surface area contributed by atoms with Crippen LogP contribution in [0.3, 0.4) is 0 Å². The van der Waals surface area contributed by atoms with Gasteiger partial charge in [0, 0.05) is 47.7 Å². The number of carbonyl (C=O) groups excluding carboxylic acids is 1. The molecular weight excluding hydrogens is 472 g/mol. The van der Waals surface area contributed by atoms with Crippen LogP contribution in [0.25, 0.3) is 10.9 Å². The van der Waals surface area contributed by atoms with Crippen molar-refractivity contribution in [1.29, 1.82) is 0 Å². The number of methoxy groups -OCH3 is 1. The molecule has 34 heavy (non-hydrogen) atoms. The van der Waals surface area contributed by atoms with Crippen molar-refractivity contribution in [1.82, 2.24) is 9.88 Å². The van der Waals surface area contributed by atoms with Gasteiger partial charge in [0.05, 0.1) is 23.6 Å². The third-order valence-electron chi connectivity index (χ3n) is 7.27. The summed E-state index contributed by atoms with van der Waals surface area (Å²) >= 11 is 8.43. The van der Waals surface area contributed by atoms with Gasteiger partial charge in [-0.05, 0) is 56.3 Å². The number of benzene rings is 1. The SMILES string of the molecule is COc1ccc2ncc(Cl)c(C(=O)CC[C@H]3CCN(CCSC4CCCC4)C[C@H]3C(=O)O)c2c1. The Morgan fingerprint density at radius 1 is 1.26 bits per heavy atom. The fourth-order valence-corrected chi connectivity index (χ4v) is 6.92. The molecule has 2 aromatic rings. The summed E-state index contributed by atoms with van der Waals surface area (Å²) in [5, 5.41) is 11.7. The number of nitrogens with zero attached hydrogens (tertiary/aromatic N) is 2. The number of pyridine rings is 1. The standard InChI is InChI=1S/C26H33ClN2O4S/c1-33-18-7-8-23-20(14-18)25(22(27)15-28-23)24(30)9-6-17-10-11-29(16-21(17)26(31)32)12-13-34-19-4-2-3-5-19/h7-8,14-15,17,19,21H,2-6,9-13,16H2,1H3,(H,31,32)/t17-,21+/m0/s1. The number of aromatic nitrogens is 1. The summed E-state index contributed by atoms with van der Waals surface area (Å²) in [7, 11) is 1.58.